The normalized spacial score (nSPS) is 16.8. The summed E-state index contributed by atoms with van der Waals surface area (Å²) in [6, 6.07) is 10.6. The van der Waals surface area contributed by atoms with E-state index in [1.54, 1.807) is 13.8 Å². The highest BCUT2D eigenvalue weighted by atomic mass is 35.5. The number of nitrogens with zero attached hydrogens (tertiary/aromatic N) is 1. The number of quaternary nitrogens is 1. The summed E-state index contributed by atoms with van der Waals surface area (Å²) < 4.78 is 30.2. The van der Waals surface area contributed by atoms with Crippen LogP contribution in [0.1, 0.15) is 90.5 Å². The zero-order valence-electron chi connectivity index (χ0n) is 23.4. The van der Waals surface area contributed by atoms with Gasteiger partial charge in [-0.15, -0.1) is 9.35 Å². The summed E-state index contributed by atoms with van der Waals surface area (Å²) in [7, 11) is -3.54. The molecule has 1 aliphatic heterocycles. The lowest BCUT2D eigenvalue weighted by Gasteiger charge is -2.39. The molecule has 0 aliphatic carbocycles. The van der Waals surface area contributed by atoms with Gasteiger partial charge in [-0.3, -0.25) is 4.57 Å². The van der Waals surface area contributed by atoms with Gasteiger partial charge in [-0.05, 0) is 26.7 Å². The van der Waals surface area contributed by atoms with Crippen LogP contribution in [0.15, 0.2) is 30.3 Å². The topological polar surface area (TPSA) is 66.5 Å². The fraction of sp³-hybridized carbons (Fsp3) is 0.786. The van der Waals surface area contributed by atoms with Gasteiger partial charge in [0.15, 0.2) is 0 Å². The molecular weight excluding hydrogens is 513 g/mol. The van der Waals surface area contributed by atoms with Gasteiger partial charge in [-0.25, -0.2) is 9.78 Å². The predicted molar refractivity (Wildman–Crippen MR) is 144 cm³/mol. The van der Waals surface area contributed by atoms with E-state index in [1.807, 2.05) is 6.07 Å². The van der Waals surface area contributed by atoms with Crippen molar-refractivity contribution in [3.63, 3.8) is 0 Å². The number of hydrogen-bond acceptors (Lipinski definition) is 6. The van der Waals surface area contributed by atoms with E-state index in [1.165, 1.54) is 63.4 Å². The van der Waals surface area contributed by atoms with Crippen LogP contribution in [-0.4, -0.2) is 56.2 Å². The lowest BCUT2D eigenvalue weighted by molar-refractivity contribution is -0.939. The second-order valence-corrected chi connectivity index (χ2v) is 12.0. The maximum Gasteiger partial charge on any atom is 0.389 e. The van der Waals surface area contributed by atoms with Gasteiger partial charge in [0, 0.05) is 5.56 Å². The average Bonchev–Trinajstić information content (AvgIpc) is 3.71. The van der Waals surface area contributed by atoms with E-state index in [-0.39, 0.29) is 37.9 Å². The Morgan fingerprint density at radius 3 is 1.89 bits per heavy atom. The standard InChI is InChI=1S/C28H51NO6P.ClH/c1-4-7-8-9-10-11-12-13-14-18-21-29(25-28-26-31-28,24-27-19-16-15-17-20-27)22-23-36(30,34-32-5-2)35-33-6-3;/h15-17,19-20,28H,4-14,18,21-26H2,1-3H3;1H/q+1;/p-1. The SMILES string of the molecule is CCCCCCCCCCCC[N+](CCP(=O)(OOCC)OOCC)(Cc1ccccc1)CC1CO1.[Cl-]. The second-order valence-electron chi connectivity index (χ2n) is 10.0. The molecule has 37 heavy (non-hydrogen) atoms. The van der Waals surface area contributed by atoms with Crippen LogP contribution in [0.25, 0.3) is 0 Å². The van der Waals surface area contributed by atoms with Crippen molar-refractivity contribution in [2.75, 3.05) is 45.6 Å². The van der Waals surface area contributed by atoms with Crippen molar-refractivity contribution >= 4 is 7.60 Å². The minimum atomic E-state index is -3.54. The molecule has 1 aromatic carbocycles. The predicted octanol–water partition coefficient (Wildman–Crippen LogP) is 4.46. The fourth-order valence-corrected chi connectivity index (χ4v) is 6.09. The van der Waals surface area contributed by atoms with Gasteiger partial charge < -0.3 is 21.6 Å². The van der Waals surface area contributed by atoms with Gasteiger partial charge >= 0.3 is 7.60 Å². The Morgan fingerprint density at radius 2 is 1.38 bits per heavy atom. The first-order valence-electron chi connectivity index (χ1n) is 14.3. The van der Waals surface area contributed by atoms with Crippen LogP contribution in [0.2, 0.25) is 0 Å². The molecule has 9 heteroatoms. The Bertz CT molecular complexity index is 712. The van der Waals surface area contributed by atoms with E-state index < -0.39 is 7.60 Å². The lowest BCUT2D eigenvalue weighted by Crippen LogP contribution is -3.00. The number of benzene rings is 1. The van der Waals surface area contributed by atoms with Crippen molar-refractivity contribution in [2.24, 2.45) is 0 Å². The highest BCUT2D eigenvalue weighted by Crippen LogP contribution is 2.49. The van der Waals surface area contributed by atoms with Gasteiger partial charge in [0.2, 0.25) is 0 Å². The molecular formula is C28H51ClNO6P. The summed E-state index contributed by atoms with van der Waals surface area (Å²) in [6.45, 7) is 10.6. The Hall–Kier alpha value is -0.500. The molecule has 1 aromatic rings. The van der Waals surface area contributed by atoms with Crippen molar-refractivity contribution in [1.29, 1.82) is 0 Å². The number of ether oxygens (including phenoxy) is 1. The van der Waals surface area contributed by atoms with Gasteiger partial charge in [0.1, 0.15) is 25.4 Å². The van der Waals surface area contributed by atoms with Crippen molar-refractivity contribution in [3.8, 4) is 0 Å². The Kier molecular flexibility index (Phi) is 19.0. The smallest absolute Gasteiger partial charge is 0.389 e. The largest absolute Gasteiger partial charge is 1.00 e. The highest BCUT2D eigenvalue weighted by molar-refractivity contribution is 7.53. The molecule has 216 valence electrons. The van der Waals surface area contributed by atoms with Crippen LogP contribution in [0.4, 0.5) is 0 Å². The molecule has 0 N–H and O–H groups in total. The Morgan fingerprint density at radius 1 is 0.838 bits per heavy atom. The molecule has 1 fully saturated rings. The van der Waals surface area contributed by atoms with Gasteiger partial charge in [0.05, 0.1) is 32.9 Å². The first-order valence-corrected chi connectivity index (χ1v) is 16.0. The minimum Gasteiger partial charge on any atom is -1.00 e. The molecule has 0 saturated carbocycles. The second kappa shape index (κ2) is 20.4. The summed E-state index contributed by atoms with van der Waals surface area (Å²) in [5.41, 5.74) is 1.27. The third kappa shape index (κ3) is 15.6. The minimum absolute atomic E-state index is 0. The van der Waals surface area contributed by atoms with Crippen LogP contribution in [0, 0.1) is 0 Å². The molecule has 2 unspecified atom stereocenters. The summed E-state index contributed by atoms with van der Waals surface area (Å²) in [6.07, 6.45) is 13.6. The van der Waals surface area contributed by atoms with E-state index in [4.69, 9.17) is 23.9 Å². The quantitative estimate of drug-likeness (QED) is 0.0462. The van der Waals surface area contributed by atoms with Crippen LogP contribution in [-0.2, 0) is 35.0 Å². The first-order chi connectivity index (χ1) is 17.5. The molecule has 0 radical (unpaired) electrons. The summed E-state index contributed by atoms with van der Waals surface area (Å²) in [4.78, 5) is 10.1. The maximum absolute atomic E-state index is 13.3. The van der Waals surface area contributed by atoms with E-state index in [0.29, 0.717) is 6.54 Å². The molecule has 7 nitrogen and oxygen atoms in total. The van der Waals surface area contributed by atoms with Crippen molar-refractivity contribution in [1.82, 2.24) is 0 Å². The fourth-order valence-electron chi connectivity index (χ4n) is 4.72. The molecule has 0 spiro atoms. The summed E-state index contributed by atoms with van der Waals surface area (Å²) in [5, 5.41) is 0. The van der Waals surface area contributed by atoms with Crippen LogP contribution in [0.3, 0.4) is 0 Å². The summed E-state index contributed by atoms with van der Waals surface area (Å²) in [5.74, 6) is 0. The molecule has 1 aliphatic rings. The maximum atomic E-state index is 13.3. The third-order valence-corrected chi connectivity index (χ3v) is 8.17. The molecule has 2 rings (SSSR count). The number of halogens is 1. The molecule has 0 aromatic heterocycles. The number of epoxide rings is 1. The van der Waals surface area contributed by atoms with E-state index in [2.05, 4.69) is 31.2 Å². The van der Waals surface area contributed by atoms with Gasteiger partial charge in [0.25, 0.3) is 0 Å². The van der Waals surface area contributed by atoms with Crippen LogP contribution >= 0.6 is 7.60 Å². The lowest BCUT2D eigenvalue weighted by atomic mass is 10.1. The summed E-state index contributed by atoms with van der Waals surface area (Å²) >= 11 is 0. The Balaban J connectivity index is 0.00000684. The van der Waals surface area contributed by atoms with Crippen LogP contribution in [0.5, 0.6) is 0 Å². The number of rotatable bonds is 24. The molecule has 1 heterocycles. The zero-order chi connectivity index (χ0) is 26.0. The average molecular weight is 564 g/mol. The van der Waals surface area contributed by atoms with Crippen molar-refractivity contribution in [2.45, 2.75) is 97.6 Å². The van der Waals surface area contributed by atoms with E-state index >= 15 is 0 Å². The first kappa shape index (κ1) is 34.5. The van der Waals surface area contributed by atoms with Crippen LogP contribution < -0.4 is 12.4 Å². The van der Waals surface area contributed by atoms with Gasteiger partial charge in [-0.2, -0.15) is 0 Å². The molecule has 1 saturated heterocycles. The van der Waals surface area contributed by atoms with Crippen molar-refractivity contribution < 1.29 is 45.3 Å². The van der Waals surface area contributed by atoms with Crippen molar-refractivity contribution in [3.05, 3.63) is 35.9 Å². The molecule has 0 amide bonds. The van der Waals surface area contributed by atoms with E-state index in [9.17, 15) is 4.57 Å². The molecule has 2 atom stereocenters. The molecule has 0 bridgehead atoms. The Labute approximate surface area is 231 Å². The highest BCUT2D eigenvalue weighted by Gasteiger charge is 2.40. The van der Waals surface area contributed by atoms with Gasteiger partial charge in [-0.1, -0.05) is 88.6 Å². The zero-order valence-corrected chi connectivity index (χ0v) is 25.1. The number of unbranched alkanes of at least 4 members (excludes halogenated alkanes) is 9. The van der Waals surface area contributed by atoms with E-state index in [0.717, 1.165) is 37.1 Å². The monoisotopic (exact) mass is 563 g/mol. The number of hydrogen-bond donors (Lipinski definition) is 0. The third-order valence-electron chi connectivity index (χ3n) is 6.76.